The lowest BCUT2D eigenvalue weighted by Gasteiger charge is -2.59. The molecular weight excluding hydrogens is 326 g/mol. The first-order valence-electron chi connectivity index (χ1n) is 9.64. The Morgan fingerprint density at radius 3 is 2.46 bits per heavy atom. The number of hydrogen-bond donors (Lipinski definition) is 1. The minimum atomic E-state index is 0.00542. The number of nitrogens with zero attached hydrogens (tertiary/aromatic N) is 3. The van der Waals surface area contributed by atoms with Crippen LogP contribution in [0.15, 0.2) is 36.8 Å². The molecule has 1 aromatic heterocycles. The molecule has 1 amide bonds. The summed E-state index contributed by atoms with van der Waals surface area (Å²) in [6.07, 6.45) is 11.0. The molecule has 136 valence electrons. The summed E-state index contributed by atoms with van der Waals surface area (Å²) in [5.41, 5.74) is 1.56. The summed E-state index contributed by atoms with van der Waals surface area (Å²) in [5.74, 6) is 2.63. The highest BCUT2D eigenvalue weighted by atomic mass is 16.3. The molecule has 0 saturated heterocycles. The number of carbonyl (C=O) groups is 1. The third-order valence-corrected chi connectivity index (χ3v) is 6.95. The van der Waals surface area contributed by atoms with Crippen LogP contribution < -0.4 is 0 Å². The molecule has 5 heteroatoms. The molecule has 4 saturated carbocycles. The van der Waals surface area contributed by atoms with Crippen LogP contribution in [-0.2, 0) is 0 Å². The van der Waals surface area contributed by atoms with E-state index in [-0.39, 0.29) is 17.3 Å². The summed E-state index contributed by atoms with van der Waals surface area (Å²) in [6, 6.07) is 6.98. The lowest BCUT2D eigenvalue weighted by atomic mass is 9.52. The Bertz CT molecular complexity index is 821. The van der Waals surface area contributed by atoms with Crippen LogP contribution in [0.3, 0.4) is 0 Å². The number of hydrogen-bond acceptors (Lipinski definition) is 3. The average molecular weight is 351 g/mol. The zero-order valence-corrected chi connectivity index (χ0v) is 15.1. The van der Waals surface area contributed by atoms with Crippen LogP contribution in [0.1, 0.15) is 38.5 Å². The van der Waals surface area contributed by atoms with E-state index in [0.717, 1.165) is 42.6 Å². The number of imidazole rings is 1. The van der Waals surface area contributed by atoms with E-state index in [0.29, 0.717) is 5.69 Å². The Kier molecular flexibility index (Phi) is 3.43. The number of carbonyl (C=O) groups excluding carboxylic acids is 1. The van der Waals surface area contributed by atoms with Crippen molar-refractivity contribution in [3.8, 4) is 17.0 Å². The number of aromatic nitrogens is 2. The quantitative estimate of drug-likeness (QED) is 0.885. The molecule has 26 heavy (non-hydrogen) atoms. The summed E-state index contributed by atoms with van der Waals surface area (Å²) in [7, 11) is 1.98. The Morgan fingerprint density at radius 1 is 1.19 bits per heavy atom. The van der Waals surface area contributed by atoms with Gasteiger partial charge in [-0.15, -0.1) is 0 Å². The van der Waals surface area contributed by atoms with Gasteiger partial charge >= 0.3 is 6.03 Å². The summed E-state index contributed by atoms with van der Waals surface area (Å²) in [6.45, 7) is 0. The van der Waals surface area contributed by atoms with E-state index in [1.165, 1.54) is 19.3 Å². The highest BCUT2D eigenvalue weighted by molar-refractivity contribution is 5.79. The first-order chi connectivity index (χ1) is 12.5. The third-order valence-electron chi connectivity index (χ3n) is 6.95. The van der Waals surface area contributed by atoms with Gasteiger partial charge in [-0.1, -0.05) is 12.1 Å². The average Bonchev–Trinajstić information content (AvgIpc) is 3.09. The molecular formula is C21H25N3O2. The lowest BCUT2D eigenvalue weighted by molar-refractivity contribution is -0.0620. The molecule has 4 fully saturated rings. The van der Waals surface area contributed by atoms with Gasteiger partial charge in [-0.3, -0.25) is 4.57 Å². The largest absolute Gasteiger partial charge is 0.508 e. The van der Waals surface area contributed by atoms with Crippen molar-refractivity contribution in [1.29, 1.82) is 0 Å². The summed E-state index contributed by atoms with van der Waals surface area (Å²) < 4.78 is 1.60. The van der Waals surface area contributed by atoms with E-state index in [2.05, 4.69) is 4.98 Å². The normalized spacial score (nSPS) is 32.0. The molecule has 0 atom stereocenters. The van der Waals surface area contributed by atoms with Gasteiger partial charge in [0.25, 0.3) is 0 Å². The van der Waals surface area contributed by atoms with Crippen molar-refractivity contribution in [2.45, 2.75) is 44.1 Å². The summed E-state index contributed by atoms with van der Waals surface area (Å²) >= 11 is 0. The molecule has 0 radical (unpaired) electrons. The van der Waals surface area contributed by atoms with Crippen molar-refractivity contribution < 1.29 is 9.90 Å². The Balaban J connectivity index is 1.40. The van der Waals surface area contributed by atoms with Gasteiger partial charge in [0, 0.05) is 24.3 Å². The van der Waals surface area contributed by atoms with Crippen molar-refractivity contribution in [1.82, 2.24) is 14.5 Å². The highest BCUT2D eigenvalue weighted by Gasteiger charge is 2.53. The molecule has 0 spiro atoms. The Morgan fingerprint density at radius 2 is 1.85 bits per heavy atom. The van der Waals surface area contributed by atoms with Gasteiger partial charge < -0.3 is 10.0 Å². The SMILES string of the molecule is CN(C(=O)n1cnc(-c2cccc(O)c2)c1)C12CC3CC(CC(C3)C1)C2. The second kappa shape index (κ2) is 5.60. The van der Waals surface area contributed by atoms with Crippen LogP contribution in [-0.4, -0.2) is 38.2 Å². The van der Waals surface area contributed by atoms with Gasteiger partial charge in [-0.2, -0.15) is 0 Å². The van der Waals surface area contributed by atoms with Crippen LogP contribution in [0.5, 0.6) is 5.75 Å². The van der Waals surface area contributed by atoms with E-state index >= 15 is 0 Å². The van der Waals surface area contributed by atoms with Gasteiger partial charge in [0.05, 0.1) is 5.69 Å². The molecule has 0 aliphatic heterocycles. The maximum absolute atomic E-state index is 13.2. The zero-order valence-electron chi connectivity index (χ0n) is 15.1. The van der Waals surface area contributed by atoms with Crippen LogP contribution in [0.2, 0.25) is 0 Å². The van der Waals surface area contributed by atoms with Gasteiger partial charge in [0.15, 0.2) is 0 Å². The predicted octanol–water partition coefficient (Wildman–Crippen LogP) is 4.12. The molecule has 2 aromatic rings. The van der Waals surface area contributed by atoms with Gasteiger partial charge in [0.2, 0.25) is 0 Å². The van der Waals surface area contributed by atoms with E-state index in [1.807, 2.05) is 18.0 Å². The van der Waals surface area contributed by atoms with Crippen molar-refractivity contribution in [2.24, 2.45) is 17.8 Å². The van der Waals surface area contributed by atoms with E-state index in [9.17, 15) is 9.90 Å². The van der Waals surface area contributed by atoms with Crippen LogP contribution in [0, 0.1) is 17.8 Å². The fourth-order valence-electron chi connectivity index (χ4n) is 6.09. The van der Waals surface area contributed by atoms with Gasteiger partial charge in [-0.25, -0.2) is 9.78 Å². The number of phenolic OH excluding ortho intramolecular Hbond substituents is 1. The Labute approximate surface area is 153 Å². The van der Waals surface area contributed by atoms with Crippen molar-refractivity contribution in [3.05, 3.63) is 36.8 Å². The van der Waals surface area contributed by atoms with Gasteiger partial charge in [0.1, 0.15) is 12.1 Å². The van der Waals surface area contributed by atoms with Crippen LogP contribution in [0.25, 0.3) is 11.3 Å². The fourth-order valence-corrected chi connectivity index (χ4v) is 6.09. The molecule has 4 bridgehead atoms. The second-order valence-corrected chi connectivity index (χ2v) is 8.70. The molecule has 1 N–H and O–H groups in total. The van der Waals surface area contributed by atoms with Gasteiger partial charge in [-0.05, 0) is 68.4 Å². The first kappa shape index (κ1) is 15.9. The molecule has 4 aliphatic carbocycles. The monoisotopic (exact) mass is 351 g/mol. The van der Waals surface area contributed by atoms with Crippen molar-refractivity contribution >= 4 is 6.03 Å². The molecule has 1 heterocycles. The van der Waals surface area contributed by atoms with Crippen LogP contribution >= 0.6 is 0 Å². The second-order valence-electron chi connectivity index (χ2n) is 8.70. The summed E-state index contributed by atoms with van der Waals surface area (Å²) in [5, 5.41) is 9.67. The lowest BCUT2D eigenvalue weighted by Crippen LogP contribution is -2.60. The van der Waals surface area contributed by atoms with Crippen molar-refractivity contribution in [2.75, 3.05) is 7.05 Å². The standard InChI is InChI=1S/C21H25N3O2/c1-23(21-9-14-5-15(10-21)7-16(6-14)11-21)20(26)24-12-19(22-13-24)17-3-2-4-18(25)8-17/h2-4,8,12-16,25H,5-7,9-11H2,1H3. The third kappa shape index (κ3) is 2.44. The Hall–Kier alpha value is -2.30. The minimum absolute atomic E-state index is 0.00542. The number of phenols is 1. The highest BCUT2D eigenvalue weighted by Crippen LogP contribution is 2.57. The molecule has 1 aromatic carbocycles. The van der Waals surface area contributed by atoms with E-state index < -0.39 is 0 Å². The predicted molar refractivity (Wildman–Crippen MR) is 98.8 cm³/mol. The van der Waals surface area contributed by atoms with E-state index in [4.69, 9.17) is 0 Å². The number of benzene rings is 1. The molecule has 5 nitrogen and oxygen atoms in total. The molecule has 4 aliphatic rings. The van der Waals surface area contributed by atoms with Crippen molar-refractivity contribution in [3.63, 3.8) is 0 Å². The number of amides is 1. The van der Waals surface area contributed by atoms with Crippen LogP contribution in [0.4, 0.5) is 4.79 Å². The zero-order chi connectivity index (χ0) is 17.9. The topological polar surface area (TPSA) is 58.4 Å². The molecule has 6 rings (SSSR count). The summed E-state index contributed by atoms with van der Waals surface area (Å²) in [4.78, 5) is 19.6. The molecule has 0 unspecified atom stereocenters. The maximum Gasteiger partial charge on any atom is 0.329 e. The smallest absolute Gasteiger partial charge is 0.329 e. The first-order valence-corrected chi connectivity index (χ1v) is 9.64. The maximum atomic E-state index is 13.2. The fraction of sp³-hybridized carbons (Fsp3) is 0.524. The number of aromatic hydroxyl groups is 1. The van der Waals surface area contributed by atoms with E-state index in [1.54, 1.807) is 35.3 Å². The number of rotatable bonds is 2. The minimum Gasteiger partial charge on any atom is -0.508 e.